The summed E-state index contributed by atoms with van der Waals surface area (Å²) in [6.45, 7) is -1.01. The average molecular weight is 331 g/mol. The number of sulfonamides is 1. The molecule has 0 aliphatic rings. The Balaban J connectivity index is 2.58. The van der Waals surface area contributed by atoms with Gasteiger partial charge < -0.3 is 5.11 Å². The Hall–Kier alpha value is -2.06. The van der Waals surface area contributed by atoms with Crippen molar-refractivity contribution in [3.63, 3.8) is 0 Å². The van der Waals surface area contributed by atoms with Crippen molar-refractivity contribution in [3.05, 3.63) is 59.9 Å². The molecule has 2 aromatic carbocycles. The first-order valence-electron chi connectivity index (χ1n) is 6.21. The third kappa shape index (κ3) is 3.07. The van der Waals surface area contributed by atoms with Gasteiger partial charge >= 0.3 is 0 Å². The van der Waals surface area contributed by atoms with E-state index in [-0.39, 0.29) is 5.69 Å². The van der Waals surface area contributed by atoms with Gasteiger partial charge in [-0.3, -0.25) is 4.31 Å². The van der Waals surface area contributed by atoms with Crippen molar-refractivity contribution in [1.29, 1.82) is 0 Å². The summed E-state index contributed by atoms with van der Waals surface area (Å²) >= 11 is 0. The second-order valence-electron chi connectivity index (χ2n) is 4.33. The molecule has 0 atom stereocenters. The highest BCUT2D eigenvalue weighted by Crippen LogP contribution is 2.26. The predicted molar refractivity (Wildman–Crippen MR) is 74.4 cm³/mol. The first kappa shape index (κ1) is 16.3. The number of aliphatic hydroxyl groups excluding tert-OH is 1. The summed E-state index contributed by atoms with van der Waals surface area (Å²) in [4.78, 5) is -0.884. The van der Waals surface area contributed by atoms with Crippen molar-refractivity contribution in [2.24, 2.45) is 0 Å². The molecule has 118 valence electrons. The van der Waals surface area contributed by atoms with Gasteiger partial charge in [0.05, 0.1) is 18.8 Å². The van der Waals surface area contributed by atoms with Crippen LogP contribution in [-0.4, -0.2) is 26.7 Å². The fraction of sp³-hybridized carbons (Fsp3) is 0.143. The summed E-state index contributed by atoms with van der Waals surface area (Å²) in [5.41, 5.74) is -0.0993. The summed E-state index contributed by atoms with van der Waals surface area (Å²) < 4.78 is 65.9. The summed E-state index contributed by atoms with van der Waals surface area (Å²) in [7, 11) is -4.49. The topological polar surface area (TPSA) is 57.6 Å². The summed E-state index contributed by atoms with van der Waals surface area (Å²) in [5, 5.41) is 9.03. The van der Waals surface area contributed by atoms with E-state index in [1.54, 1.807) is 0 Å². The molecule has 0 bridgehead atoms. The molecule has 0 radical (unpaired) electrons. The van der Waals surface area contributed by atoms with E-state index in [4.69, 9.17) is 5.11 Å². The number of nitrogens with zero attached hydrogens (tertiary/aromatic N) is 1. The van der Waals surface area contributed by atoms with Crippen molar-refractivity contribution in [2.75, 3.05) is 17.5 Å². The Morgan fingerprint density at radius 3 is 2.36 bits per heavy atom. The SMILES string of the molecule is O=S(=O)(c1cccc(F)c1F)N(CCO)c1cccc(F)c1. The normalized spacial score (nSPS) is 11.5. The molecule has 4 nitrogen and oxygen atoms in total. The zero-order valence-corrected chi connectivity index (χ0v) is 12.0. The van der Waals surface area contributed by atoms with Gasteiger partial charge in [0.25, 0.3) is 10.0 Å². The third-order valence-corrected chi connectivity index (χ3v) is 4.73. The molecule has 8 heteroatoms. The molecule has 2 aromatic rings. The van der Waals surface area contributed by atoms with Gasteiger partial charge in [0.1, 0.15) is 10.7 Å². The van der Waals surface area contributed by atoms with Gasteiger partial charge in [0, 0.05) is 0 Å². The number of anilines is 1. The lowest BCUT2D eigenvalue weighted by Crippen LogP contribution is -2.34. The van der Waals surface area contributed by atoms with Crippen LogP contribution >= 0.6 is 0 Å². The Morgan fingerprint density at radius 1 is 1.05 bits per heavy atom. The predicted octanol–water partition coefficient (Wildman–Crippen LogP) is 2.29. The smallest absolute Gasteiger partial charge is 0.267 e. The van der Waals surface area contributed by atoms with Gasteiger partial charge in [0.2, 0.25) is 0 Å². The first-order chi connectivity index (χ1) is 10.4. The molecular weight excluding hydrogens is 319 g/mol. The van der Waals surface area contributed by atoms with Crippen LogP contribution in [0, 0.1) is 17.5 Å². The maximum atomic E-state index is 13.8. The average Bonchev–Trinajstić information content (AvgIpc) is 2.47. The first-order valence-corrected chi connectivity index (χ1v) is 7.65. The molecule has 22 heavy (non-hydrogen) atoms. The molecular formula is C14H12F3NO3S. The van der Waals surface area contributed by atoms with Crippen LogP contribution in [0.5, 0.6) is 0 Å². The molecule has 0 spiro atoms. The lowest BCUT2D eigenvalue weighted by molar-refractivity contribution is 0.306. The minimum absolute atomic E-state index is 0.0993. The lowest BCUT2D eigenvalue weighted by Gasteiger charge is -2.24. The molecule has 0 unspecified atom stereocenters. The highest BCUT2D eigenvalue weighted by atomic mass is 32.2. The second-order valence-corrected chi connectivity index (χ2v) is 6.16. The zero-order valence-electron chi connectivity index (χ0n) is 11.2. The van der Waals surface area contributed by atoms with Crippen LogP contribution in [-0.2, 0) is 10.0 Å². The number of rotatable bonds is 5. The molecule has 1 N–H and O–H groups in total. The Kier molecular flexibility index (Phi) is 4.72. The molecule has 0 aliphatic carbocycles. The summed E-state index contributed by atoms with van der Waals surface area (Å²) in [6, 6.07) is 7.32. The fourth-order valence-corrected chi connectivity index (χ4v) is 3.44. The quantitative estimate of drug-likeness (QED) is 0.914. The second kappa shape index (κ2) is 6.37. The summed E-state index contributed by atoms with van der Waals surface area (Å²) in [6.07, 6.45) is 0. The zero-order chi connectivity index (χ0) is 16.3. The van der Waals surface area contributed by atoms with Crippen LogP contribution in [0.4, 0.5) is 18.9 Å². The molecule has 0 amide bonds. The minimum Gasteiger partial charge on any atom is -0.394 e. The van der Waals surface area contributed by atoms with Gasteiger partial charge in [0.15, 0.2) is 11.6 Å². The van der Waals surface area contributed by atoms with Crippen LogP contribution in [0.3, 0.4) is 0 Å². The molecule has 0 aliphatic heterocycles. The van der Waals surface area contributed by atoms with Crippen LogP contribution < -0.4 is 4.31 Å². The maximum absolute atomic E-state index is 13.8. The number of halogens is 3. The van der Waals surface area contributed by atoms with Crippen molar-refractivity contribution in [1.82, 2.24) is 0 Å². The molecule has 0 saturated heterocycles. The van der Waals surface area contributed by atoms with Crippen molar-refractivity contribution < 1.29 is 26.7 Å². The largest absolute Gasteiger partial charge is 0.394 e. The van der Waals surface area contributed by atoms with E-state index >= 15 is 0 Å². The third-order valence-electron chi connectivity index (χ3n) is 2.88. The van der Waals surface area contributed by atoms with E-state index in [0.717, 1.165) is 30.3 Å². The fourth-order valence-electron chi connectivity index (χ4n) is 1.91. The number of benzene rings is 2. The highest BCUT2D eigenvalue weighted by molar-refractivity contribution is 7.92. The van der Waals surface area contributed by atoms with E-state index in [1.165, 1.54) is 12.1 Å². The number of hydrogen-bond acceptors (Lipinski definition) is 3. The molecule has 0 fully saturated rings. The van der Waals surface area contributed by atoms with Gasteiger partial charge in [-0.15, -0.1) is 0 Å². The van der Waals surface area contributed by atoms with E-state index in [9.17, 15) is 21.6 Å². The maximum Gasteiger partial charge on any atom is 0.267 e. The van der Waals surface area contributed by atoms with E-state index in [0.29, 0.717) is 4.31 Å². The van der Waals surface area contributed by atoms with E-state index in [1.807, 2.05) is 0 Å². The van der Waals surface area contributed by atoms with Crippen LogP contribution in [0.15, 0.2) is 47.4 Å². The Morgan fingerprint density at radius 2 is 1.73 bits per heavy atom. The molecule has 0 aromatic heterocycles. The van der Waals surface area contributed by atoms with Gasteiger partial charge in [-0.1, -0.05) is 12.1 Å². The number of aliphatic hydroxyl groups is 1. The standard InChI is InChI=1S/C14H12F3NO3S/c15-10-3-1-4-11(9-10)18(7-8-19)22(20,21)13-6-2-5-12(16)14(13)17/h1-6,9,19H,7-8H2. The summed E-state index contributed by atoms with van der Waals surface area (Å²) in [5.74, 6) is -3.54. The van der Waals surface area contributed by atoms with Crippen molar-refractivity contribution >= 4 is 15.7 Å². The molecule has 0 saturated carbocycles. The van der Waals surface area contributed by atoms with E-state index in [2.05, 4.69) is 0 Å². The van der Waals surface area contributed by atoms with Crippen LogP contribution in [0.1, 0.15) is 0 Å². The molecule has 0 heterocycles. The Bertz CT molecular complexity index is 781. The van der Waals surface area contributed by atoms with Gasteiger partial charge in [-0.2, -0.15) is 0 Å². The number of hydrogen-bond donors (Lipinski definition) is 1. The van der Waals surface area contributed by atoms with E-state index < -0.39 is 45.5 Å². The van der Waals surface area contributed by atoms with Crippen molar-refractivity contribution in [3.8, 4) is 0 Å². The Labute approximate surface area is 125 Å². The minimum atomic E-state index is -4.49. The lowest BCUT2D eigenvalue weighted by atomic mass is 10.3. The van der Waals surface area contributed by atoms with Crippen LogP contribution in [0.25, 0.3) is 0 Å². The monoisotopic (exact) mass is 331 g/mol. The molecule has 2 rings (SSSR count). The van der Waals surface area contributed by atoms with Gasteiger partial charge in [-0.05, 0) is 30.3 Å². The highest BCUT2D eigenvalue weighted by Gasteiger charge is 2.29. The van der Waals surface area contributed by atoms with Crippen molar-refractivity contribution in [2.45, 2.75) is 4.90 Å². The van der Waals surface area contributed by atoms with Crippen LogP contribution in [0.2, 0.25) is 0 Å². The van der Waals surface area contributed by atoms with Gasteiger partial charge in [-0.25, -0.2) is 21.6 Å².